The number of anilines is 1. The van der Waals surface area contributed by atoms with E-state index in [2.05, 4.69) is 15.3 Å². The number of thiophene rings is 1. The Labute approximate surface area is 109 Å². The van der Waals surface area contributed by atoms with Crippen LogP contribution in [0.3, 0.4) is 0 Å². The standard InChI is InChI=1S/C13H12N2O2S/c1-17-13(16)12-11(7-8-18-12)15-14-9-10-5-3-2-4-6-10/h2-9,15H,1H3/b14-9+. The van der Waals surface area contributed by atoms with Crippen molar-refractivity contribution < 1.29 is 9.53 Å². The number of carbonyl (C=O) groups is 1. The maximum absolute atomic E-state index is 11.4. The fourth-order valence-corrected chi connectivity index (χ4v) is 2.12. The van der Waals surface area contributed by atoms with Gasteiger partial charge in [0.15, 0.2) is 0 Å². The van der Waals surface area contributed by atoms with Gasteiger partial charge in [-0.2, -0.15) is 5.10 Å². The Morgan fingerprint density at radius 2 is 2.11 bits per heavy atom. The van der Waals surface area contributed by atoms with Crippen molar-refractivity contribution >= 4 is 29.2 Å². The minimum absolute atomic E-state index is 0.359. The molecule has 18 heavy (non-hydrogen) atoms. The molecule has 0 aliphatic rings. The van der Waals surface area contributed by atoms with Gasteiger partial charge in [-0.05, 0) is 17.0 Å². The fourth-order valence-electron chi connectivity index (χ4n) is 1.36. The Morgan fingerprint density at radius 3 is 2.83 bits per heavy atom. The van der Waals surface area contributed by atoms with Crippen molar-refractivity contribution in [2.75, 3.05) is 12.5 Å². The third-order valence-electron chi connectivity index (χ3n) is 2.23. The molecule has 92 valence electrons. The zero-order valence-electron chi connectivity index (χ0n) is 9.79. The third-order valence-corrected chi connectivity index (χ3v) is 3.13. The third kappa shape index (κ3) is 2.95. The molecule has 0 atom stereocenters. The van der Waals surface area contributed by atoms with Crippen LogP contribution in [0.4, 0.5) is 5.69 Å². The molecular formula is C13H12N2O2S. The van der Waals surface area contributed by atoms with Gasteiger partial charge in [0.25, 0.3) is 0 Å². The number of hydrogen-bond acceptors (Lipinski definition) is 5. The van der Waals surface area contributed by atoms with Crippen LogP contribution in [-0.4, -0.2) is 19.3 Å². The molecule has 0 radical (unpaired) electrons. The highest BCUT2D eigenvalue weighted by Crippen LogP contribution is 2.22. The van der Waals surface area contributed by atoms with Crippen molar-refractivity contribution in [3.05, 3.63) is 52.2 Å². The molecule has 1 aromatic heterocycles. The molecule has 0 aliphatic carbocycles. The highest BCUT2D eigenvalue weighted by atomic mass is 32.1. The lowest BCUT2D eigenvalue weighted by molar-refractivity contribution is 0.0607. The quantitative estimate of drug-likeness (QED) is 0.522. The number of hydrogen-bond donors (Lipinski definition) is 1. The molecule has 0 fully saturated rings. The first kappa shape index (κ1) is 12.3. The smallest absolute Gasteiger partial charge is 0.350 e. The van der Waals surface area contributed by atoms with Crippen LogP contribution in [0.25, 0.3) is 0 Å². The number of rotatable bonds is 4. The molecule has 4 nitrogen and oxygen atoms in total. The maximum Gasteiger partial charge on any atom is 0.350 e. The normalized spacial score (nSPS) is 10.5. The second-order valence-electron chi connectivity index (χ2n) is 3.44. The first-order valence-electron chi connectivity index (χ1n) is 5.31. The van der Waals surface area contributed by atoms with E-state index in [0.717, 1.165) is 5.56 Å². The average molecular weight is 260 g/mol. The maximum atomic E-state index is 11.4. The van der Waals surface area contributed by atoms with E-state index in [1.165, 1.54) is 18.4 Å². The van der Waals surface area contributed by atoms with Crippen molar-refractivity contribution in [2.24, 2.45) is 5.10 Å². The van der Waals surface area contributed by atoms with Gasteiger partial charge in [-0.3, -0.25) is 5.43 Å². The minimum Gasteiger partial charge on any atom is -0.465 e. The SMILES string of the molecule is COC(=O)c1sccc1N/N=C/c1ccccc1. The van der Waals surface area contributed by atoms with Gasteiger partial charge in [-0.1, -0.05) is 30.3 Å². The molecule has 1 heterocycles. The largest absolute Gasteiger partial charge is 0.465 e. The van der Waals surface area contributed by atoms with E-state index in [1.54, 1.807) is 12.3 Å². The van der Waals surface area contributed by atoms with Crippen LogP contribution in [0, 0.1) is 0 Å². The Bertz CT molecular complexity index is 549. The lowest BCUT2D eigenvalue weighted by Crippen LogP contribution is -2.01. The molecule has 0 saturated heterocycles. The molecule has 0 amide bonds. The first-order valence-corrected chi connectivity index (χ1v) is 6.19. The van der Waals surface area contributed by atoms with E-state index in [0.29, 0.717) is 10.6 Å². The van der Waals surface area contributed by atoms with Gasteiger partial charge in [0, 0.05) is 0 Å². The van der Waals surface area contributed by atoms with Crippen LogP contribution < -0.4 is 5.43 Å². The summed E-state index contributed by atoms with van der Waals surface area (Å²) in [5, 5.41) is 5.90. The molecule has 0 aliphatic heterocycles. The zero-order chi connectivity index (χ0) is 12.8. The van der Waals surface area contributed by atoms with Gasteiger partial charge in [-0.25, -0.2) is 4.79 Å². The number of ether oxygens (including phenoxy) is 1. The van der Waals surface area contributed by atoms with Crippen molar-refractivity contribution in [3.8, 4) is 0 Å². The van der Waals surface area contributed by atoms with Gasteiger partial charge in [0.2, 0.25) is 0 Å². The van der Waals surface area contributed by atoms with Crippen LogP contribution in [0.2, 0.25) is 0 Å². The van der Waals surface area contributed by atoms with Crippen LogP contribution >= 0.6 is 11.3 Å². The Morgan fingerprint density at radius 1 is 1.33 bits per heavy atom. The molecule has 1 N–H and O–H groups in total. The molecule has 0 spiro atoms. The monoisotopic (exact) mass is 260 g/mol. The average Bonchev–Trinajstić information content (AvgIpc) is 2.87. The Balaban J connectivity index is 2.05. The van der Waals surface area contributed by atoms with Gasteiger partial charge in [0.05, 0.1) is 19.0 Å². The number of esters is 1. The van der Waals surface area contributed by atoms with E-state index in [1.807, 2.05) is 35.7 Å². The number of carbonyl (C=O) groups excluding carboxylic acids is 1. The van der Waals surface area contributed by atoms with Gasteiger partial charge in [0.1, 0.15) is 4.88 Å². The topological polar surface area (TPSA) is 50.7 Å². The predicted molar refractivity (Wildman–Crippen MR) is 73.3 cm³/mol. The van der Waals surface area contributed by atoms with Crippen molar-refractivity contribution in [2.45, 2.75) is 0 Å². The lowest BCUT2D eigenvalue weighted by Gasteiger charge is -2.00. The van der Waals surface area contributed by atoms with E-state index < -0.39 is 0 Å². The summed E-state index contributed by atoms with van der Waals surface area (Å²) in [6.45, 7) is 0. The first-order chi connectivity index (χ1) is 8.81. The number of nitrogens with zero attached hydrogens (tertiary/aromatic N) is 1. The minimum atomic E-state index is -0.359. The van der Waals surface area contributed by atoms with Crippen LogP contribution in [-0.2, 0) is 4.74 Å². The van der Waals surface area contributed by atoms with Crippen LogP contribution in [0.15, 0.2) is 46.9 Å². The van der Waals surface area contributed by atoms with Gasteiger partial charge in [-0.15, -0.1) is 11.3 Å². The van der Waals surface area contributed by atoms with Crippen molar-refractivity contribution in [1.29, 1.82) is 0 Å². The van der Waals surface area contributed by atoms with Crippen LogP contribution in [0.5, 0.6) is 0 Å². The summed E-state index contributed by atoms with van der Waals surface area (Å²) in [5.41, 5.74) is 4.47. The van der Waals surface area contributed by atoms with E-state index in [4.69, 9.17) is 0 Å². The fraction of sp³-hybridized carbons (Fsp3) is 0.0769. The van der Waals surface area contributed by atoms with Gasteiger partial charge < -0.3 is 4.74 Å². The molecular weight excluding hydrogens is 248 g/mol. The highest BCUT2D eigenvalue weighted by Gasteiger charge is 2.12. The van der Waals surface area contributed by atoms with Gasteiger partial charge >= 0.3 is 5.97 Å². The van der Waals surface area contributed by atoms with E-state index >= 15 is 0 Å². The summed E-state index contributed by atoms with van der Waals surface area (Å²) in [6, 6.07) is 11.5. The Kier molecular flexibility index (Phi) is 4.09. The van der Waals surface area contributed by atoms with E-state index in [-0.39, 0.29) is 5.97 Å². The molecule has 1 aromatic carbocycles. The molecule has 0 saturated carbocycles. The number of hydrazone groups is 1. The highest BCUT2D eigenvalue weighted by molar-refractivity contribution is 7.12. The Hall–Kier alpha value is -2.14. The number of benzene rings is 1. The molecule has 5 heteroatoms. The van der Waals surface area contributed by atoms with Crippen molar-refractivity contribution in [3.63, 3.8) is 0 Å². The molecule has 0 bridgehead atoms. The summed E-state index contributed by atoms with van der Waals surface area (Å²) in [7, 11) is 1.36. The number of methoxy groups -OCH3 is 1. The van der Waals surface area contributed by atoms with E-state index in [9.17, 15) is 4.79 Å². The summed E-state index contributed by atoms with van der Waals surface area (Å²) >= 11 is 1.32. The van der Waals surface area contributed by atoms with Crippen LogP contribution in [0.1, 0.15) is 15.2 Å². The lowest BCUT2D eigenvalue weighted by atomic mass is 10.2. The number of nitrogens with one attached hydrogen (secondary N) is 1. The summed E-state index contributed by atoms with van der Waals surface area (Å²) in [4.78, 5) is 11.9. The summed E-state index contributed by atoms with van der Waals surface area (Å²) in [5.74, 6) is -0.359. The molecule has 2 rings (SSSR count). The summed E-state index contributed by atoms with van der Waals surface area (Å²) in [6.07, 6.45) is 1.69. The second kappa shape index (κ2) is 5.97. The second-order valence-corrected chi connectivity index (χ2v) is 4.35. The predicted octanol–water partition coefficient (Wildman–Crippen LogP) is 2.98. The molecule has 2 aromatic rings. The zero-order valence-corrected chi connectivity index (χ0v) is 10.6. The molecule has 0 unspecified atom stereocenters. The van der Waals surface area contributed by atoms with Crippen molar-refractivity contribution in [1.82, 2.24) is 0 Å². The summed E-state index contributed by atoms with van der Waals surface area (Å²) < 4.78 is 4.68.